The van der Waals surface area contributed by atoms with Crippen LogP contribution >= 0.6 is 11.6 Å². The van der Waals surface area contributed by atoms with Crippen LogP contribution in [0, 0.1) is 5.41 Å². The van der Waals surface area contributed by atoms with Crippen molar-refractivity contribution in [3.63, 3.8) is 0 Å². The monoisotopic (exact) mass is 369 g/mol. The van der Waals surface area contributed by atoms with Gasteiger partial charge >= 0.3 is 0 Å². The molecule has 3 rings (SSSR count). The molecule has 0 aliphatic rings. The molecular formula is C20H20ClN3O2. The second-order valence-electron chi connectivity index (χ2n) is 5.85. The standard InChI is InChI=1S/C20H20ClN3O2/c1-3-24(4-2)16-9-8-13-10-17(19(22)26-18(13)12-16)20(25)23-15-7-5-6-14(21)11-15/h5-12,22H,3-4H2,1-2H3,(H,23,25). The maximum atomic E-state index is 12.5. The van der Waals surface area contributed by atoms with Crippen LogP contribution in [-0.2, 0) is 0 Å². The Bertz CT molecular complexity index is 1010. The molecule has 6 heteroatoms. The largest absolute Gasteiger partial charge is 0.438 e. The maximum Gasteiger partial charge on any atom is 0.261 e. The lowest BCUT2D eigenvalue weighted by atomic mass is 10.1. The molecule has 1 heterocycles. The van der Waals surface area contributed by atoms with Crippen molar-refractivity contribution in [1.82, 2.24) is 0 Å². The molecular weight excluding hydrogens is 350 g/mol. The first-order valence-electron chi connectivity index (χ1n) is 8.46. The van der Waals surface area contributed by atoms with Crippen LogP contribution in [0.4, 0.5) is 11.4 Å². The van der Waals surface area contributed by atoms with Gasteiger partial charge in [0.2, 0.25) is 5.55 Å². The number of nitrogens with zero attached hydrogens (tertiary/aromatic N) is 1. The van der Waals surface area contributed by atoms with Gasteiger partial charge in [-0.3, -0.25) is 10.2 Å². The molecule has 0 spiro atoms. The molecule has 0 aliphatic carbocycles. The molecule has 3 aromatic rings. The summed E-state index contributed by atoms with van der Waals surface area (Å²) in [6.07, 6.45) is 0. The minimum Gasteiger partial charge on any atom is -0.438 e. The van der Waals surface area contributed by atoms with E-state index in [0.717, 1.165) is 24.2 Å². The Morgan fingerprint density at radius 3 is 2.62 bits per heavy atom. The molecule has 134 valence electrons. The van der Waals surface area contributed by atoms with Crippen molar-refractivity contribution in [2.24, 2.45) is 0 Å². The quantitative estimate of drug-likeness (QED) is 0.687. The molecule has 1 amide bonds. The fourth-order valence-electron chi connectivity index (χ4n) is 2.84. The van der Waals surface area contributed by atoms with E-state index in [2.05, 4.69) is 24.1 Å². The van der Waals surface area contributed by atoms with E-state index in [-0.39, 0.29) is 11.1 Å². The first-order chi connectivity index (χ1) is 12.5. The minimum atomic E-state index is -0.407. The molecule has 5 nitrogen and oxygen atoms in total. The SMILES string of the molecule is CCN(CC)c1ccc2cc(C(=O)Nc3cccc(Cl)c3)c(=N)oc2c1. The summed E-state index contributed by atoms with van der Waals surface area (Å²) in [5.74, 6) is -0.407. The van der Waals surface area contributed by atoms with E-state index in [1.807, 2.05) is 18.2 Å². The zero-order valence-electron chi connectivity index (χ0n) is 14.7. The third-order valence-electron chi connectivity index (χ3n) is 4.21. The zero-order valence-corrected chi connectivity index (χ0v) is 15.4. The van der Waals surface area contributed by atoms with E-state index in [4.69, 9.17) is 21.4 Å². The topological polar surface area (TPSA) is 69.3 Å². The number of nitrogens with one attached hydrogen (secondary N) is 2. The average Bonchev–Trinajstić information content (AvgIpc) is 2.62. The average molecular weight is 370 g/mol. The molecule has 0 unspecified atom stereocenters. The van der Waals surface area contributed by atoms with E-state index < -0.39 is 5.91 Å². The minimum absolute atomic E-state index is 0.172. The molecule has 2 aromatic carbocycles. The molecule has 2 N–H and O–H groups in total. The van der Waals surface area contributed by atoms with Gasteiger partial charge in [-0.05, 0) is 50.2 Å². The number of hydrogen-bond acceptors (Lipinski definition) is 4. The number of anilines is 2. The number of fused-ring (bicyclic) bond motifs is 1. The first-order valence-corrected chi connectivity index (χ1v) is 8.84. The van der Waals surface area contributed by atoms with Crippen molar-refractivity contribution >= 4 is 39.9 Å². The fourth-order valence-corrected chi connectivity index (χ4v) is 3.03. The Balaban J connectivity index is 1.94. The highest BCUT2D eigenvalue weighted by molar-refractivity contribution is 6.31. The van der Waals surface area contributed by atoms with E-state index >= 15 is 0 Å². The molecule has 0 radical (unpaired) electrons. The van der Waals surface area contributed by atoms with Gasteiger partial charge in [0.25, 0.3) is 5.91 Å². The summed E-state index contributed by atoms with van der Waals surface area (Å²) in [7, 11) is 0. The van der Waals surface area contributed by atoms with Crippen LogP contribution in [0.2, 0.25) is 5.02 Å². The summed E-state index contributed by atoms with van der Waals surface area (Å²) in [6.45, 7) is 5.94. The van der Waals surface area contributed by atoms with Gasteiger partial charge in [-0.2, -0.15) is 0 Å². The number of benzene rings is 2. The van der Waals surface area contributed by atoms with Gasteiger partial charge in [0.15, 0.2) is 0 Å². The third-order valence-corrected chi connectivity index (χ3v) is 4.44. The fraction of sp³-hybridized carbons (Fsp3) is 0.200. The molecule has 0 aliphatic heterocycles. The lowest BCUT2D eigenvalue weighted by Crippen LogP contribution is -2.22. The van der Waals surface area contributed by atoms with Gasteiger partial charge in [-0.15, -0.1) is 0 Å². The Morgan fingerprint density at radius 1 is 1.15 bits per heavy atom. The van der Waals surface area contributed by atoms with Crippen LogP contribution in [0.5, 0.6) is 0 Å². The van der Waals surface area contributed by atoms with E-state index in [0.29, 0.717) is 16.3 Å². The summed E-state index contributed by atoms with van der Waals surface area (Å²) in [6, 6.07) is 14.3. The van der Waals surface area contributed by atoms with Crippen LogP contribution in [0.1, 0.15) is 24.2 Å². The number of rotatable bonds is 5. The molecule has 0 bridgehead atoms. The zero-order chi connectivity index (χ0) is 18.7. The summed E-state index contributed by atoms with van der Waals surface area (Å²) in [5.41, 5.74) is 2.18. The highest BCUT2D eigenvalue weighted by atomic mass is 35.5. The van der Waals surface area contributed by atoms with E-state index in [1.54, 1.807) is 30.3 Å². The van der Waals surface area contributed by atoms with Gasteiger partial charge in [-0.25, -0.2) is 0 Å². The van der Waals surface area contributed by atoms with Crippen molar-refractivity contribution in [2.45, 2.75) is 13.8 Å². The van der Waals surface area contributed by atoms with Gasteiger partial charge < -0.3 is 14.6 Å². The normalized spacial score (nSPS) is 10.7. The highest BCUT2D eigenvalue weighted by Gasteiger charge is 2.13. The molecule has 26 heavy (non-hydrogen) atoms. The van der Waals surface area contributed by atoms with Crippen LogP contribution in [0.3, 0.4) is 0 Å². The number of amides is 1. The second-order valence-corrected chi connectivity index (χ2v) is 6.28. The number of hydrogen-bond donors (Lipinski definition) is 2. The predicted octanol–water partition coefficient (Wildman–Crippen LogP) is 4.66. The van der Waals surface area contributed by atoms with Crippen LogP contribution < -0.4 is 15.8 Å². The summed E-state index contributed by atoms with van der Waals surface area (Å²) < 4.78 is 5.61. The highest BCUT2D eigenvalue weighted by Crippen LogP contribution is 2.22. The molecule has 0 atom stereocenters. The Kier molecular flexibility index (Phi) is 5.28. The molecule has 0 saturated heterocycles. The molecule has 0 saturated carbocycles. The summed E-state index contributed by atoms with van der Waals surface area (Å²) >= 11 is 5.94. The summed E-state index contributed by atoms with van der Waals surface area (Å²) in [5, 5.41) is 12.1. The van der Waals surface area contributed by atoms with Gasteiger partial charge in [-0.1, -0.05) is 17.7 Å². The number of halogens is 1. The second kappa shape index (κ2) is 7.62. The van der Waals surface area contributed by atoms with Crippen molar-refractivity contribution in [3.8, 4) is 0 Å². The number of carbonyl (C=O) groups excluding carboxylic acids is 1. The van der Waals surface area contributed by atoms with Crippen molar-refractivity contribution in [1.29, 1.82) is 5.41 Å². The van der Waals surface area contributed by atoms with Crippen LogP contribution in [0.25, 0.3) is 11.0 Å². The van der Waals surface area contributed by atoms with Gasteiger partial charge in [0, 0.05) is 40.9 Å². The van der Waals surface area contributed by atoms with E-state index in [1.165, 1.54) is 0 Å². The first kappa shape index (κ1) is 18.0. The smallest absolute Gasteiger partial charge is 0.261 e. The van der Waals surface area contributed by atoms with E-state index in [9.17, 15) is 4.79 Å². The van der Waals surface area contributed by atoms with Gasteiger partial charge in [0.1, 0.15) is 11.1 Å². The van der Waals surface area contributed by atoms with Crippen LogP contribution in [0.15, 0.2) is 52.9 Å². The van der Waals surface area contributed by atoms with Crippen molar-refractivity contribution < 1.29 is 9.21 Å². The van der Waals surface area contributed by atoms with Crippen molar-refractivity contribution in [2.75, 3.05) is 23.3 Å². The maximum absolute atomic E-state index is 12.5. The predicted molar refractivity (Wildman–Crippen MR) is 105 cm³/mol. The summed E-state index contributed by atoms with van der Waals surface area (Å²) in [4.78, 5) is 14.7. The number of carbonyl (C=O) groups is 1. The Labute approximate surface area is 156 Å². The Hall–Kier alpha value is -2.79. The molecule has 1 aromatic heterocycles. The van der Waals surface area contributed by atoms with Crippen molar-refractivity contribution in [3.05, 3.63) is 64.7 Å². The third kappa shape index (κ3) is 3.73. The van der Waals surface area contributed by atoms with Crippen LogP contribution in [-0.4, -0.2) is 19.0 Å². The lowest BCUT2D eigenvalue weighted by molar-refractivity contribution is 0.102. The molecule has 0 fully saturated rings. The lowest BCUT2D eigenvalue weighted by Gasteiger charge is -2.21. The van der Waals surface area contributed by atoms with Gasteiger partial charge in [0.05, 0.1) is 0 Å². The Morgan fingerprint density at radius 2 is 1.92 bits per heavy atom.